The highest BCUT2D eigenvalue weighted by atomic mass is 16.2. The van der Waals surface area contributed by atoms with Crippen LogP contribution in [0.3, 0.4) is 0 Å². The van der Waals surface area contributed by atoms with E-state index in [4.69, 9.17) is 0 Å². The third-order valence-electron chi connectivity index (χ3n) is 3.17. The van der Waals surface area contributed by atoms with E-state index < -0.39 is 0 Å². The smallest absolute Gasteiger partial charge is 0.268 e. The number of rotatable bonds is 1. The lowest BCUT2D eigenvalue weighted by molar-refractivity contribution is 0.0612. The first-order valence-corrected chi connectivity index (χ1v) is 6.02. The van der Waals surface area contributed by atoms with Crippen molar-refractivity contribution in [2.45, 2.75) is 13.1 Å². The monoisotopic (exact) mass is 238 g/mol. The minimum atomic E-state index is 0.0186. The molecule has 0 saturated heterocycles. The quantitative estimate of drug-likeness (QED) is 0.827. The number of amides is 1. The number of fused-ring (bicyclic) bond motifs is 1. The molecule has 0 aliphatic carbocycles. The van der Waals surface area contributed by atoms with Gasteiger partial charge in [0.05, 0.1) is 6.54 Å². The Balaban J connectivity index is 1.82. The van der Waals surface area contributed by atoms with E-state index in [0.29, 0.717) is 18.7 Å². The second-order valence-electron chi connectivity index (χ2n) is 4.36. The largest absolute Gasteiger partial charge is 0.269 e. The summed E-state index contributed by atoms with van der Waals surface area (Å²) >= 11 is 0. The average Bonchev–Trinajstić information content (AvgIpc) is 2.47. The van der Waals surface area contributed by atoms with Gasteiger partial charge in [0, 0.05) is 12.1 Å². The lowest BCUT2D eigenvalue weighted by Crippen LogP contribution is -2.45. The molecule has 0 atom stereocenters. The molecule has 1 amide bonds. The van der Waals surface area contributed by atoms with Crippen molar-refractivity contribution in [1.82, 2.24) is 10.4 Å². The zero-order valence-corrected chi connectivity index (χ0v) is 9.97. The molecule has 0 saturated carbocycles. The fourth-order valence-electron chi connectivity index (χ4n) is 2.17. The first-order chi connectivity index (χ1) is 8.84. The van der Waals surface area contributed by atoms with Crippen LogP contribution in [0.15, 0.2) is 54.6 Å². The van der Waals surface area contributed by atoms with E-state index in [2.05, 4.69) is 17.6 Å². The lowest BCUT2D eigenvalue weighted by atomic mass is 10.1. The number of hydrogen-bond acceptors (Lipinski definition) is 2. The second kappa shape index (κ2) is 4.63. The SMILES string of the molecule is O=C(c1ccccc1)N1Cc2ccccc2CN1. The van der Waals surface area contributed by atoms with E-state index in [1.54, 1.807) is 5.01 Å². The van der Waals surface area contributed by atoms with Crippen LogP contribution in [0.2, 0.25) is 0 Å². The van der Waals surface area contributed by atoms with Gasteiger partial charge < -0.3 is 0 Å². The normalized spacial score (nSPS) is 14.1. The van der Waals surface area contributed by atoms with Crippen LogP contribution >= 0.6 is 0 Å². The maximum Gasteiger partial charge on any atom is 0.268 e. The molecule has 90 valence electrons. The van der Waals surface area contributed by atoms with E-state index in [-0.39, 0.29) is 5.91 Å². The van der Waals surface area contributed by atoms with Crippen molar-refractivity contribution in [3.63, 3.8) is 0 Å². The highest BCUT2D eigenvalue weighted by Crippen LogP contribution is 2.17. The molecule has 2 aromatic carbocycles. The Morgan fingerprint density at radius 3 is 2.39 bits per heavy atom. The van der Waals surface area contributed by atoms with Crippen LogP contribution in [0.1, 0.15) is 21.5 Å². The number of carbonyl (C=O) groups is 1. The number of carbonyl (C=O) groups excluding carboxylic acids is 1. The maximum atomic E-state index is 12.3. The minimum Gasteiger partial charge on any atom is -0.269 e. The summed E-state index contributed by atoms with van der Waals surface area (Å²) < 4.78 is 0. The predicted molar refractivity (Wildman–Crippen MR) is 69.6 cm³/mol. The predicted octanol–water partition coefficient (Wildman–Crippen LogP) is 2.35. The second-order valence-corrected chi connectivity index (χ2v) is 4.36. The Labute approximate surface area is 106 Å². The third-order valence-corrected chi connectivity index (χ3v) is 3.17. The molecular weight excluding hydrogens is 224 g/mol. The van der Waals surface area contributed by atoms with E-state index in [1.807, 2.05) is 42.5 Å². The minimum absolute atomic E-state index is 0.0186. The summed E-state index contributed by atoms with van der Waals surface area (Å²) in [5, 5.41) is 1.68. The van der Waals surface area contributed by atoms with E-state index in [9.17, 15) is 4.79 Å². The van der Waals surface area contributed by atoms with Gasteiger partial charge >= 0.3 is 0 Å². The van der Waals surface area contributed by atoms with Gasteiger partial charge in [0.15, 0.2) is 0 Å². The van der Waals surface area contributed by atoms with Crippen LogP contribution in [-0.2, 0) is 13.1 Å². The van der Waals surface area contributed by atoms with E-state index in [1.165, 1.54) is 11.1 Å². The topological polar surface area (TPSA) is 32.3 Å². The summed E-state index contributed by atoms with van der Waals surface area (Å²) in [6.45, 7) is 1.32. The van der Waals surface area contributed by atoms with Gasteiger partial charge in [-0.3, -0.25) is 9.80 Å². The lowest BCUT2D eigenvalue weighted by Gasteiger charge is -2.29. The summed E-state index contributed by atoms with van der Waals surface area (Å²) in [5.41, 5.74) is 6.34. The summed E-state index contributed by atoms with van der Waals surface area (Å²) in [4.78, 5) is 12.3. The highest BCUT2D eigenvalue weighted by molar-refractivity contribution is 5.93. The zero-order valence-electron chi connectivity index (χ0n) is 9.97. The van der Waals surface area contributed by atoms with Gasteiger partial charge in [0.2, 0.25) is 0 Å². The molecule has 18 heavy (non-hydrogen) atoms. The molecule has 1 heterocycles. The van der Waals surface area contributed by atoms with Gasteiger partial charge in [-0.05, 0) is 23.3 Å². The van der Waals surface area contributed by atoms with Crippen LogP contribution in [0.5, 0.6) is 0 Å². The third kappa shape index (κ3) is 2.00. The summed E-state index contributed by atoms with van der Waals surface area (Å²) in [6, 6.07) is 17.5. The van der Waals surface area contributed by atoms with Crippen molar-refractivity contribution in [1.29, 1.82) is 0 Å². The molecule has 0 fully saturated rings. The number of hydrazine groups is 1. The molecule has 2 aromatic rings. The number of nitrogens with zero attached hydrogens (tertiary/aromatic N) is 1. The van der Waals surface area contributed by atoms with Gasteiger partial charge in [-0.1, -0.05) is 42.5 Å². The molecule has 1 N–H and O–H groups in total. The Kier molecular flexibility index (Phi) is 2.82. The molecular formula is C15H14N2O. The summed E-state index contributed by atoms with van der Waals surface area (Å²) in [5.74, 6) is 0.0186. The molecule has 0 radical (unpaired) electrons. The van der Waals surface area contributed by atoms with Crippen molar-refractivity contribution in [2.75, 3.05) is 0 Å². The fraction of sp³-hybridized carbons (Fsp3) is 0.133. The Hall–Kier alpha value is -2.13. The fourth-order valence-corrected chi connectivity index (χ4v) is 2.17. The van der Waals surface area contributed by atoms with Gasteiger partial charge in [-0.25, -0.2) is 5.43 Å². The van der Waals surface area contributed by atoms with Crippen LogP contribution < -0.4 is 5.43 Å². The van der Waals surface area contributed by atoms with Gasteiger partial charge in [0.1, 0.15) is 0 Å². The van der Waals surface area contributed by atoms with Gasteiger partial charge in [-0.15, -0.1) is 0 Å². The van der Waals surface area contributed by atoms with Crippen LogP contribution in [0.25, 0.3) is 0 Å². The number of nitrogens with one attached hydrogen (secondary N) is 1. The van der Waals surface area contributed by atoms with Gasteiger partial charge in [-0.2, -0.15) is 0 Å². The van der Waals surface area contributed by atoms with E-state index in [0.717, 1.165) is 0 Å². The zero-order chi connectivity index (χ0) is 12.4. The van der Waals surface area contributed by atoms with Crippen molar-refractivity contribution in [2.24, 2.45) is 0 Å². The first-order valence-electron chi connectivity index (χ1n) is 6.02. The van der Waals surface area contributed by atoms with Crippen molar-refractivity contribution in [3.05, 3.63) is 71.3 Å². The summed E-state index contributed by atoms with van der Waals surface area (Å²) in [6.07, 6.45) is 0. The van der Waals surface area contributed by atoms with Crippen LogP contribution in [0, 0.1) is 0 Å². The molecule has 1 aliphatic rings. The van der Waals surface area contributed by atoms with Crippen LogP contribution in [-0.4, -0.2) is 10.9 Å². The Bertz CT molecular complexity index is 566. The van der Waals surface area contributed by atoms with Crippen molar-refractivity contribution < 1.29 is 4.79 Å². The van der Waals surface area contributed by atoms with Crippen LogP contribution in [0.4, 0.5) is 0 Å². The van der Waals surface area contributed by atoms with Gasteiger partial charge in [0.25, 0.3) is 5.91 Å². The molecule has 3 rings (SSSR count). The molecule has 0 bridgehead atoms. The Morgan fingerprint density at radius 2 is 1.61 bits per heavy atom. The van der Waals surface area contributed by atoms with Crippen molar-refractivity contribution in [3.8, 4) is 0 Å². The number of hydrogen-bond donors (Lipinski definition) is 1. The van der Waals surface area contributed by atoms with Crippen molar-refractivity contribution >= 4 is 5.91 Å². The maximum absolute atomic E-state index is 12.3. The first kappa shape index (κ1) is 11.0. The standard InChI is InChI=1S/C15H14N2O/c18-15(12-6-2-1-3-7-12)17-11-14-9-5-4-8-13(14)10-16-17/h1-9,16H,10-11H2. The molecule has 0 spiro atoms. The average molecular weight is 238 g/mol. The summed E-state index contributed by atoms with van der Waals surface area (Å²) in [7, 11) is 0. The molecule has 0 unspecified atom stereocenters. The molecule has 3 nitrogen and oxygen atoms in total. The van der Waals surface area contributed by atoms with E-state index >= 15 is 0 Å². The molecule has 3 heteroatoms. The molecule has 0 aromatic heterocycles. The number of benzene rings is 2. The molecule has 1 aliphatic heterocycles. The highest BCUT2D eigenvalue weighted by Gasteiger charge is 2.20. The Morgan fingerprint density at radius 1 is 0.944 bits per heavy atom.